The lowest BCUT2D eigenvalue weighted by molar-refractivity contribution is -0.139. The molecule has 0 aromatic heterocycles. The van der Waals surface area contributed by atoms with Gasteiger partial charge in [-0.3, -0.25) is 14.5 Å². The van der Waals surface area contributed by atoms with Gasteiger partial charge in [0.25, 0.3) is 11.1 Å². The van der Waals surface area contributed by atoms with Gasteiger partial charge in [0.1, 0.15) is 0 Å². The van der Waals surface area contributed by atoms with Crippen LogP contribution in [0.5, 0.6) is 11.5 Å². The summed E-state index contributed by atoms with van der Waals surface area (Å²) in [4.78, 5) is 36.7. The Bertz CT molecular complexity index is 743. The molecule has 2 rings (SSSR count). The molecule has 0 saturated carbocycles. The van der Waals surface area contributed by atoms with E-state index in [4.69, 9.17) is 14.6 Å². The van der Waals surface area contributed by atoms with E-state index in [9.17, 15) is 14.4 Å². The van der Waals surface area contributed by atoms with E-state index < -0.39 is 12.6 Å². The average Bonchev–Trinajstić information content (AvgIpc) is 2.81. The van der Waals surface area contributed by atoms with E-state index in [0.29, 0.717) is 35.1 Å². The summed E-state index contributed by atoms with van der Waals surface area (Å²) in [5.41, 5.74) is 0.658. The highest BCUT2D eigenvalue weighted by Crippen LogP contribution is 2.35. The lowest BCUT2D eigenvalue weighted by atomic mass is 10.1. The Kier molecular flexibility index (Phi) is 6.68. The van der Waals surface area contributed by atoms with Crippen molar-refractivity contribution in [2.45, 2.75) is 20.8 Å². The van der Waals surface area contributed by atoms with Gasteiger partial charge in [0.05, 0.1) is 11.5 Å². The summed E-state index contributed by atoms with van der Waals surface area (Å²) in [6.45, 7) is 5.96. The SMILES string of the molecule is CCOc1cc(C=C2SC(=O)N(CC(C)C)C2=O)ccc1OCC(=O)O. The summed E-state index contributed by atoms with van der Waals surface area (Å²) in [5.74, 6) is -0.519. The number of ether oxygens (including phenoxy) is 2. The summed E-state index contributed by atoms with van der Waals surface area (Å²) in [5, 5.41) is 8.45. The molecule has 0 aliphatic carbocycles. The number of amides is 2. The lowest BCUT2D eigenvalue weighted by Gasteiger charge is -2.14. The molecule has 1 fully saturated rings. The van der Waals surface area contributed by atoms with Crippen molar-refractivity contribution in [1.29, 1.82) is 0 Å². The first-order valence-corrected chi connectivity index (χ1v) is 9.00. The number of hydrogen-bond acceptors (Lipinski definition) is 6. The Hall–Kier alpha value is -2.48. The molecular weight excluding hydrogens is 358 g/mol. The molecule has 1 saturated heterocycles. The van der Waals surface area contributed by atoms with Crippen LogP contribution < -0.4 is 9.47 Å². The summed E-state index contributed by atoms with van der Waals surface area (Å²) >= 11 is 0.905. The standard InChI is InChI=1S/C18H21NO6S/c1-4-24-14-7-12(5-6-13(14)25-10-16(20)21)8-15-17(22)19(9-11(2)3)18(23)26-15/h5-8,11H,4,9-10H2,1-3H3,(H,20,21). The zero-order chi connectivity index (χ0) is 19.3. The third-order valence-corrected chi connectivity index (χ3v) is 4.25. The van der Waals surface area contributed by atoms with Gasteiger partial charge in [-0.25, -0.2) is 4.79 Å². The third kappa shape index (κ3) is 5.01. The van der Waals surface area contributed by atoms with E-state index in [0.717, 1.165) is 11.8 Å². The first-order chi connectivity index (χ1) is 12.3. The fourth-order valence-electron chi connectivity index (χ4n) is 2.32. The molecule has 1 aromatic rings. The molecule has 1 aliphatic heterocycles. The van der Waals surface area contributed by atoms with Crippen LogP contribution in [0, 0.1) is 5.92 Å². The number of carbonyl (C=O) groups excluding carboxylic acids is 2. The number of imide groups is 1. The number of benzene rings is 1. The smallest absolute Gasteiger partial charge is 0.341 e. The monoisotopic (exact) mass is 379 g/mol. The predicted octanol–water partition coefficient (Wildman–Crippen LogP) is 3.24. The Morgan fingerprint density at radius 3 is 2.62 bits per heavy atom. The summed E-state index contributed by atoms with van der Waals surface area (Å²) in [7, 11) is 0. The molecule has 0 atom stereocenters. The van der Waals surface area contributed by atoms with Crippen molar-refractivity contribution >= 4 is 35.0 Å². The molecule has 2 amide bonds. The van der Waals surface area contributed by atoms with Gasteiger partial charge in [-0.2, -0.15) is 0 Å². The molecule has 26 heavy (non-hydrogen) atoms. The Balaban J connectivity index is 2.24. The summed E-state index contributed by atoms with van der Waals surface area (Å²) < 4.78 is 10.7. The Morgan fingerprint density at radius 2 is 2.00 bits per heavy atom. The van der Waals surface area contributed by atoms with E-state index in [2.05, 4.69) is 0 Å². The largest absolute Gasteiger partial charge is 0.490 e. The molecular formula is C18H21NO6S. The Morgan fingerprint density at radius 1 is 1.27 bits per heavy atom. The molecule has 0 spiro atoms. The maximum absolute atomic E-state index is 12.4. The van der Waals surface area contributed by atoms with Gasteiger partial charge >= 0.3 is 5.97 Å². The fourth-order valence-corrected chi connectivity index (χ4v) is 3.16. The topological polar surface area (TPSA) is 93.1 Å². The van der Waals surface area contributed by atoms with Gasteiger partial charge in [-0.15, -0.1) is 0 Å². The van der Waals surface area contributed by atoms with Crippen molar-refractivity contribution in [2.75, 3.05) is 19.8 Å². The van der Waals surface area contributed by atoms with Crippen molar-refractivity contribution in [1.82, 2.24) is 4.90 Å². The van der Waals surface area contributed by atoms with Crippen LogP contribution in [0.2, 0.25) is 0 Å². The van der Waals surface area contributed by atoms with E-state index in [1.54, 1.807) is 31.2 Å². The summed E-state index contributed by atoms with van der Waals surface area (Å²) in [6.07, 6.45) is 1.62. The van der Waals surface area contributed by atoms with Crippen molar-refractivity contribution < 1.29 is 29.0 Å². The van der Waals surface area contributed by atoms with Gasteiger partial charge in [0.2, 0.25) is 0 Å². The lowest BCUT2D eigenvalue weighted by Crippen LogP contribution is -2.31. The maximum atomic E-state index is 12.4. The van der Waals surface area contributed by atoms with Gasteiger partial charge < -0.3 is 14.6 Å². The predicted molar refractivity (Wildman–Crippen MR) is 98.3 cm³/mol. The van der Waals surface area contributed by atoms with Crippen LogP contribution >= 0.6 is 11.8 Å². The quantitative estimate of drug-likeness (QED) is 0.693. The number of carbonyl (C=O) groups is 3. The molecule has 1 aromatic carbocycles. The highest BCUT2D eigenvalue weighted by Gasteiger charge is 2.35. The molecule has 8 heteroatoms. The van der Waals surface area contributed by atoms with Crippen LogP contribution in [0.15, 0.2) is 23.1 Å². The second-order valence-electron chi connectivity index (χ2n) is 6.01. The average molecular weight is 379 g/mol. The van der Waals surface area contributed by atoms with E-state index >= 15 is 0 Å². The zero-order valence-corrected chi connectivity index (χ0v) is 15.7. The van der Waals surface area contributed by atoms with Gasteiger partial charge in [-0.1, -0.05) is 19.9 Å². The molecule has 0 bridgehead atoms. The van der Waals surface area contributed by atoms with E-state index in [-0.39, 0.29) is 17.1 Å². The number of hydrogen-bond donors (Lipinski definition) is 1. The minimum absolute atomic E-state index is 0.193. The summed E-state index contributed by atoms with van der Waals surface area (Å²) in [6, 6.07) is 4.91. The molecule has 0 radical (unpaired) electrons. The first kappa shape index (κ1) is 19.8. The van der Waals surface area contributed by atoms with Crippen molar-refractivity contribution in [3.05, 3.63) is 28.7 Å². The van der Waals surface area contributed by atoms with E-state index in [1.165, 1.54) is 4.90 Å². The number of carboxylic acid groups (broad SMARTS) is 1. The van der Waals surface area contributed by atoms with Crippen LogP contribution in [-0.4, -0.2) is 46.9 Å². The second-order valence-corrected chi connectivity index (χ2v) is 7.00. The third-order valence-electron chi connectivity index (χ3n) is 3.34. The number of rotatable bonds is 8. The van der Waals surface area contributed by atoms with Gasteiger partial charge in [-0.05, 0) is 48.4 Å². The first-order valence-electron chi connectivity index (χ1n) is 8.18. The van der Waals surface area contributed by atoms with Crippen molar-refractivity contribution in [2.24, 2.45) is 5.92 Å². The number of aliphatic carboxylic acids is 1. The molecule has 1 aliphatic rings. The molecule has 7 nitrogen and oxygen atoms in total. The van der Waals surface area contributed by atoms with Crippen LogP contribution in [0.25, 0.3) is 6.08 Å². The number of carboxylic acids is 1. The number of thioether (sulfide) groups is 1. The molecule has 140 valence electrons. The van der Waals surface area contributed by atoms with Gasteiger partial charge in [0, 0.05) is 6.54 Å². The second kappa shape index (κ2) is 8.75. The molecule has 0 unspecified atom stereocenters. The fraction of sp³-hybridized carbons (Fsp3) is 0.389. The van der Waals surface area contributed by atoms with Gasteiger partial charge in [0.15, 0.2) is 18.1 Å². The zero-order valence-electron chi connectivity index (χ0n) is 14.9. The van der Waals surface area contributed by atoms with Crippen molar-refractivity contribution in [3.63, 3.8) is 0 Å². The van der Waals surface area contributed by atoms with Crippen molar-refractivity contribution in [3.8, 4) is 11.5 Å². The maximum Gasteiger partial charge on any atom is 0.341 e. The molecule has 1 N–H and O–H groups in total. The molecule has 1 heterocycles. The number of nitrogens with zero attached hydrogens (tertiary/aromatic N) is 1. The minimum atomic E-state index is -1.09. The highest BCUT2D eigenvalue weighted by atomic mass is 32.2. The minimum Gasteiger partial charge on any atom is -0.490 e. The van der Waals surface area contributed by atoms with Crippen LogP contribution in [0.1, 0.15) is 26.3 Å². The highest BCUT2D eigenvalue weighted by molar-refractivity contribution is 8.18. The van der Waals surface area contributed by atoms with E-state index in [1.807, 2.05) is 13.8 Å². The van der Waals surface area contributed by atoms with Crippen LogP contribution in [-0.2, 0) is 9.59 Å². The normalized spacial score (nSPS) is 15.8. The van der Waals surface area contributed by atoms with Crippen LogP contribution in [0.4, 0.5) is 4.79 Å². The Labute approximate surface area is 156 Å². The van der Waals surface area contributed by atoms with Crippen LogP contribution in [0.3, 0.4) is 0 Å².